The number of likely N-dealkylation sites (tertiary alicyclic amines) is 1. The highest BCUT2D eigenvalue weighted by Gasteiger charge is 2.30. The number of piperidine rings is 1. The zero-order chi connectivity index (χ0) is 16.2. The second-order valence-corrected chi connectivity index (χ2v) is 6.28. The predicted octanol–water partition coefficient (Wildman–Crippen LogP) is 2.37. The van der Waals surface area contributed by atoms with Gasteiger partial charge in [-0.25, -0.2) is 4.68 Å². The van der Waals surface area contributed by atoms with Gasteiger partial charge < -0.3 is 4.90 Å². The molecule has 6 nitrogen and oxygen atoms in total. The van der Waals surface area contributed by atoms with E-state index in [9.17, 15) is 4.79 Å². The maximum Gasteiger partial charge on any atom is 0.276 e. The first kappa shape index (κ1) is 15.6. The van der Waals surface area contributed by atoms with Gasteiger partial charge in [-0.2, -0.15) is 0 Å². The van der Waals surface area contributed by atoms with Crippen LogP contribution in [-0.4, -0.2) is 43.4 Å². The summed E-state index contributed by atoms with van der Waals surface area (Å²) >= 11 is 0. The minimum atomic E-state index is -0.0112. The molecule has 23 heavy (non-hydrogen) atoms. The van der Waals surface area contributed by atoms with Gasteiger partial charge in [-0.3, -0.25) is 9.78 Å². The van der Waals surface area contributed by atoms with Gasteiger partial charge in [-0.15, -0.1) is 5.10 Å². The molecule has 0 aliphatic carbocycles. The van der Waals surface area contributed by atoms with E-state index in [1.54, 1.807) is 17.1 Å². The van der Waals surface area contributed by atoms with Crippen LogP contribution < -0.4 is 0 Å². The zero-order valence-corrected chi connectivity index (χ0v) is 13.7. The Balaban J connectivity index is 1.70. The molecule has 2 atom stereocenters. The molecule has 3 heterocycles. The van der Waals surface area contributed by atoms with Crippen molar-refractivity contribution < 1.29 is 4.79 Å². The molecule has 1 aliphatic heterocycles. The average Bonchev–Trinajstić information content (AvgIpc) is 3.04. The van der Waals surface area contributed by atoms with E-state index in [2.05, 4.69) is 29.1 Å². The fourth-order valence-corrected chi connectivity index (χ4v) is 3.08. The van der Waals surface area contributed by atoms with Crippen molar-refractivity contribution in [3.05, 3.63) is 42.0 Å². The van der Waals surface area contributed by atoms with E-state index in [-0.39, 0.29) is 11.9 Å². The Labute approximate surface area is 136 Å². The van der Waals surface area contributed by atoms with Gasteiger partial charge in [-0.05, 0) is 37.8 Å². The first-order valence-corrected chi connectivity index (χ1v) is 8.28. The Kier molecular flexibility index (Phi) is 4.69. The number of amides is 1. The van der Waals surface area contributed by atoms with Crippen LogP contribution in [0.4, 0.5) is 0 Å². The Bertz CT molecular complexity index is 654. The number of carbonyl (C=O) groups excluding carboxylic acids is 1. The number of nitrogens with zero attached hydrogens (tertiary/aromatic N) is 5. The van der Waals surface area contributed by atoms with Crippen molar-refractivity contribution in [3.63, 3.8) is 0 Å². The van der Waals surface area contributed by atoms with Crippen LogP contribution in [0.1, 0.15) is 49.3 Å². The third kappa shape index (κ3) is 3.57. The highest BCUT2D eigenvalue weighted by atomic mass is 16.2. The lowest BCUT2D eigenvalue weighted by Crippen LogP contribution is -2.45. The van der Waals surface area contributed by atoms with E-state index in [4.69, 9.17) is 0 Å². The largest absolute Gasteiger partial charge is 0.334 e. The van der Waals surface area contributed by atoms with E-state index in [0.717, 1.165) is 25.1 Å². The topological polar surface area (TPSA) is 63.9 Å². The molecule has 0 aromatic carbocycles. The lowest BCUT2D eigenvalue weighted by molar-refractivity contribution is 0.0550. The molecule has 0 unspecified atom stereocenters. The predicted molar refractivity (Wildman–Crippen MR) is 86.9 cm³/mol. The van der Waals surface area contributed by atoms with Gasteiger partial charge in [-0.1, -0.05) is 24.6 Å². The van der Waals surface area contributed by atoms with Crippen molar-refractivity contribution in [2.24, 2.45) is 5.92 Å². The van der Waals surface area contributed by atoms with E-state index in [0.29, 0.717) is 18.2 Å². The van der Waals surface area contributed by atoms with E-state index >= 15 is 0 Å². The van der Waals surface area contributed by atoms with Crippen molar-refractivity contribution in [3.8, 4) is 0 Å². The summed E-state index contributed by atoms with van der Waals surface area (Å²) < 4.78 is 1.67. The smallest absolute Gasteiger partial charge is 0.276 e. The molecule has 1 saturated heterocycles. The van der Waals surface area contributed by atoms with Crippen molar-refractivity contribution in [2.45, 2.75) is 45.7 Å². The maximum atomic E-state index is 12.7. The molecule has 3 rings (SSSR count). The van der Waals surface area contributed by atoms with Crippen molar-refractivity contribution in [1.82, 2.24) is 24.9 Å². The van der Waals surface area contributed by atoms with Crippen LogP contribution in [0.25, 0.3) is 0 Å². The Morgan fingerprint density at radius 2 is 2.22 bits per heavy atom. The molecule has 1 amide bonds. The molecule has 6 heteroatoms. The van der Waals surface area contributed by atoms with E-state index in [1.165, 1.54) is 6.42 Å². The third-order valence-electron chi connectivity index (χ3n) is 4.63. The molecule has 0 bridgehead atoms. The summed E-state index contributed by atoms with van der Waals surface area (Å²) in [6.07, 6.45) is 6.85. The highest BCUT2D eigenvalue weighted by Crippen LogP contribution is 2.25. The quantitative estimate of drug-likeness (QED) is 0.869. The van der Waals surface area contributed by atoms with Gasteiger partial charge in [0.05, 0.1) is 18.4 Å². The number of aromatic nitrogens is 4. The molecule has 0 radical (unpaired) electrons. The SMILES string of the molecule is CC[C@@H]1CC[C@H](C)N(C(=O)c2cn(Cc3ccccn3)nn2)C1. The van der Waals surface area contributed by atoms with Gasteiger partial charge in [0.15, 0.2) is 5.69 Å². The monoisotopic (exact) mass is 313 g/mol. The Morgan fingerprint density at radius 3 is 2.96 bits per heavy atom. The summed E-state index contributed by atoms with van der Waals surface area (Å²) in [6.45, 7) is 5.65. The van der Waals surface area contributed by atoms with Crippen LogP contribution in [0.3, 0.4) is 0 Å². The lowest BCUT2D eigenvalue weighted by Gasteiger charge is -2.37. The van der Waals surface area contributed by atoms with Crippen LogP contribution in [0.5, 0.6) is 0 Å². The average molecular weight is 313 g/mol. The Morgan fingerprint density at radius 1 is 1.35 bits per heavy atom. The van der Waals surface area contributed by atoms with Crippen molar-refractivity contribution in [1.29, 1.82) is 0 Å². The number of hydrogen-bond donors (Lipinski definition) is 0. The first-order valence-electron chi connectivity index (χ1n) is 8.28. The van der Waals surface area contributed by atoms with Crippen LogP contribution in [0.2, 0.25) is 0 Å². The molecule has 2 aromatic heterocycles. The van der Waals surface area contributed by atoms with Gasteiger partial charge in [0.25, 0.3) is 5.91 Å². The molecular weight excluding hydrogens is 290 g/mol. The van der Waals surface area contributed by atoms with Gasteiger partial charge >= 0.3 is 0 Å². The standard InChI is InChI=1S/C17H23N5O/c1-3-14-8-7-13(2)22(10-14)17(23)16-12-21(20-19-16)11-15-6-4-5-9-18-15/h4-6,9,12-14H,3,7-8,10-11H2,1-2H3/t13-,14+/m0/s1. The molecule has 0 saturated carbocycles. The lowest BCUT2D eigenvalue weighted by atomic mass is 9.91. The summed E-state index contributed by atoms with van der Waals surface area (Å²) in [6, 6.07) is 6.01. The van der Waals surface area contributed by atoms with Crippen molar-refractivity contribution >= 4 is 5.91 Å². The van der Waals surface area contributed by atoms with E-state index < -0.39 is 0 Å². The van der Waals surface area contributed by atoms with Crippen LogP contribution in [-0.2, 0) is 6.54 Å². The summed E-state index contributed by atoms with van der Waals surface area (Å²) in [5.41, 5.74) is 1.32. The maximum absolute atomic E-state index is 12.7. The number of pyridine rings is 1. The number of carbonyl (C=O) groups is 1. The molecule has 1 aliphatic rings. The minimum Gasteiger partial charge on any atom is -0.334 e. The van der Waals surface area contributed by atoms with Gasteiger partial charge in [0.2, 0.25) is 0 Å². The summed E-state index contributed by atoms with van der Waals surface area (Å²) in [4.78, 5) is 19.0. The third-order valence-corrected chi connectivity index (χ3v) is 4.63. The molecule has 1 fully saturated rings. The fourth-order valence-electron chi connectivity index (χ4n) is 3.08. The zero-order valence-electron chi connectivity index (χ0n) is 13.7. The first-order chi connectivity index (χ1) is 11.2. The number of hydrogen-bond acceptors (Lipinski definition) is 4. The second kappa shape index (κ2) is 6.89. The summed E-state index contributed by atoms with van der Waals surface area (Å²) in [7, 11) is 0. The van der Waals surface area contributed by atoms with Crippen molar-refractivity contribution in [2.75, 3.05) is 6.54 Å². The number of rotatable bonds is 4. The van der Waals surface area contributed by atoms with Crippen LogP contribution >= 0.6 is 0 Å². The van der Waals surface area contributed by atoms with Gasteiger partial charge in [0.1, 0.15) is 0 Å². The Hall–Kier alpha value is -2.24. The highest BCUT2D eigenvalue weighted by molar-refractivity contribution is 5.92. The minimum absolute atomic E-state index is 0.0112. The molecular formula is C17H23N5O. The van der Waals surface area contributed by atoms with Crippen LogP contribution in [0.15, 0.2) is 30.6 Å². The molecule has 122 valence electrons. The molecule has 2 aromatic rings. The summed E-state index contributed by atoms with van der Waals surface area (Å²) in [5, 5.41) is 8.14. The van der Waals surface area contributed by atoms with E-state index in [1.807, 2.05) is 23.1 Å². The fraction of sp³-hybridized carbons (Fsp3) is 0.529. The van der Waals surface area contributed by atoms with Crippen LogP contribution in [0, 0.1) is 5.92 Å². The second-order valence-electron chi connectivity index (χ2n) is 6.28. The molecule has 0 spiro atoms. The normalized spacial score (nSPS) is 21.4. The molecule has 0 N–H and O–H groups in total. The summed E-state index contributed by atoms with van der Waals surface area (Å²) in [5.74, 6) is 0.585. The van der Waals surface area contributed by atoms with Gasteiger partial charge in [0, 0.05) is 18.8 Å².